The Morgan fingerprint density at radius 1 is 0.912 bits per heavy atom. The highest BCUT2D eigenvalue weighted by atomic mass is 79.9. The van der Waals surface area contributed by atoms with Crippen molar-refractivity contribution in [2.75, 3.05) is 6.61 Å². The Balaban J connectivity index is 1.55. The lowest BCUT2D eigenvalue weighted by molar-refractivity contribution is 0.0933. The Bertz CT molecular complexity index is 1150. The average Bonchev–Trinajstić information content (AvgIpc) is 2.83. The Labute approximate surface area is 213 Å². The van der Waals surface area contributed by atoms with E-state index in [0.29, 0.717) is 29.4 Å². The van der Waals surface area contributed by atoms with Gasteiger partial charge in [-0.25, -0.2) is 0 Å². The zero-order valence-corrected chi connectivity index (χ0v) is 21.3. The smallest absolute Gasteiger partial charge is 0.269 e. The summed E-state index contributed by atoms with van der Waals surface area (Å²) >= 11 is 8.55. The van der Waals surface area contributed by atoms with Crippen LogP contribution in [0.5, 0.6) is 5.75 Å². The van der Waals surface area contributed by atoms with Gasteiger partial charge in [0.2, 0.25) is 0 Å². The first kappa shape index (κ1) is 25.4. The summed E-state index contributed by atoms with van der Waals surface area (Å²) in [6.07, 6.45) is 0.870. The quantitative estimate of drug-likeness (QED) is 0.273. The Hall–Kier alpha value is -3.23. The molecular formula is C26H26BrN3O3S. The molecule has 0 aromatic heterocycles. The molecule has 0 bridgehead atoms. The van der Waals surface area contributed by atoms with E-state index in [-0.39, 0.29) is 11.0 Å². The lowest BCUT2D eigenvalue weighted by atomic mass is 10.0. The third-order valence-electron chi connectivity index (χ3n) is 4.91. The highest BCUT2D eigenvalue weighted by molar-refractivity contribution is 9.10. The van der Waals surface area contributed by atoms with Gasteiger partial charge in [0.25, 0.3) is 11.8 Å². The number of hydrazine groups is 1. The molecule has 6 nitrogen and oxygen atoms in total. The summed E-state index contributed by atoms with van der Waals surface area (Å²) in [5, 5.41) is 2.53. The third-order valence-corrected chi connectivity index (χ3v) is 5.61. The van der Waals surface area contributed by atoms with E-state index in [0.717, 1.165) is 22.0 Å². The topological polar surface area (TPSA) is 79.5 Å². The van der Waals surface area contributed by atoms with Gasteiger partial charge < -0.3 is 4.74 Å². The van der Waals surface area contributed by atoms with E-state index in [1.54, 1.807) is 30.3 Å². The number of ether oxygens (including phenoxy) is 1. The predicted octanol–water partition coefficient (Wildman–Crippen LogP) is 5.49. The van der Waals surface area contributed by atoms with Crippen LogP contribution in [-0.2, 0) is 0 Å². The molecular weight excluding hydrogens is 514 g/mol. The van der Waals surface area contributed by atoms with Crippen LogP contribution < -0.4 is 20.9 Å². The molecule has 0 heterocycles. The molecule has 0 radical (unpaired) electrons. The lowest BCUT2D eigenvalue weighted by Crippen LogP contribution is -2.48. The van der Waals surface area contributed by atoms with Crippen molar-refractivity contribution < 1.29 is 14.3 Å². The maximum Gasteiger partial charge on any atom is 0.269 e. The minimum Gasteiger partial charge on any atom is -0.493 e. The number of amides is 2. The monoisotopic (exact) mass is 539 g/mol. The molecule has 0 aliphatic carbocycles. The summed E-state index contributed by atoms with van der Waals surface area (Å²) in [5.41, 5.74) is 7.93. The fourth-order valence-electron chi connectivity index (χ4n) is 3.04. The van der Waals surface area contributed by atoms with Gasteiger partial charge in [0.15, 0.2) is 5.11 Å². The minimum absolute atomic E-state index is 0.0349. The number of halogens is 1. The van der Waals surface area contributed by atoms with Gasteiger partial charge in [-0.2, -0.15) is 0 Å². The first-order valence-electron chi connectivity index (χ1n) is 10.8. The normalized spacial score (nSPS) is 10.5. The van der Waals surface area contributed by atoms with Crippen molar-refractivity contribution in [3.8, 4) is 16.9 Å². The van der Waals surface area contributed by atoms with E-state index in [9.17, 15) is 9.59 Å². The van der Waals surface area contributed by atoms with E-state index >= 15 is 0 Å². The summed E-state index contributed by atoms with van der Waals surface area (Å²) in [6, 6.07) is 22.3. The van der Waals surface area contributed by atoms with Gasteiger partial charge in [-0.15, -0.1) is 0 Å². The van der Waals surface area contributed by atoms with Crippen molar-refractivity contribution in [3.63, 3.8) is 0 Å². The fraction of sp³-hybridized carbons (Fsp3) is 0.192. The number of nitrogens with one attached hydrogen (secondary N) is 3. The van der Waals surface area contributed by atoms with E-state index in [2.05, 4.69) is 45.9 Å². The first-order valence-corrected chi connectivity index (χ1v) is 12.0. The summed E-state index contributed by atoms with van der Waals surface area (Å²) in [7, 11) is 0. The molecule has 176 valence electrons. The molecule has 0 aliphatic rings. The number of carbonyl (C=O) groups is 2. The number of hydrogen-bond acceptors (Lipinski definition) is 4. The van der Waals surface area contributed by atoms with Crippen LogP contribution in [-0.4, -0.2) is 23.5 Å². The predicted molar refractivity (Wildman–Crippen MR) is 142 cm³/mol. The van der Waals surface area contributed by atoms with Crippen LogP contribution in [0, 0.1) is 5.92 Å². The Kier molecular flexibility index (Phi) is 9.18. The molecule has 3 aromatic carbocycles. The van der Waals surface area contributed by atoms with E-state index in [1.165, 1.54) is 0 Å². The molecule has 0 saturated carbocycles. The molecule has 0 spiro atoms. The van der Waals surface area contributed by atoms with Crippen LogP contribution in [0.15, 0.2) is 77.3 Å². The van der Waals surface area contributed by atoms with Crippen LogP contribution in [0.2, 0.25) is 0 Å². The number of carbonyl (C=O) groups excluding carboxylic acids is 2. The van der Waals surface area contributed by atoms with Crippen molar-refractivity contribution in [1.29, 1.82) is 0 Å². The number of hydrogen-bond donors (Lipinski definition) is 3. The Morgan fingerprint density at radius 3 is 2.26 bits per heavy atom. The second kappa shape index (κ2) is 12.3. The van der Waals surface area contributed by atoms with Crippen LogP contribution in [0.4, 0.5) is 0 Å². The zero-order chi connectivity index (χ0) is 24.5. The fourth-order valence-corrected chi connectivity index (χ4v) is 3.55. The molecule has 0 aliphatic heterocycles. The van der Waals surface area contributed by atoms with Gasteiger partial charge in [0, 0.05) is 10.0 Å². The molecule has 3 N–H and O–H groups in total. The summed E-state index contributed by atoms with van der Waals surface area (Å²) in [4.78, 5) is 25.2. The van der Waals surface area contributed by atoms with Gasteiger partial charge in [-0.3, -0.25) is 25.8 Å². The van der Waals surface area contributed by atoms with E-state index in [4.69, 9.17) is 17.0 Å². The van der Waals surface area contributed by atoms with Crippen LogP contribution in [0.25, 0.3) is 11.1 Å². The molecule has 8 heteroatoms. The molecule has 3 rings (SSSR count). The highest BCUT2D eigenvalue weighted by Gasteiger charge is 2.16. The largest absolute Gasteiger partial charge is 0.493 e. The van der Waals surface area contributed by atoms with Crippen molar-refractivity contribution in [3.05, 3.63) is 88.4 Å². The van der Waals surface area contributed by atoms with Gasteiger partial charge in [0.05, 0.1) is 12.2 Å². The number of rotatable bonds is 7. The summed E-state index contributed by atoms with van der Waals surface area (Å²) in [5.74, 6) is 0.130. The molecule has 0 saturated heterocycles. The van der Waals surface area contributed by atoms with Crippen LogP contribution in [0.1, 0.15) is 41.0 Å². The van der Waals surface area contributed by atoms with Gasteiger partial charge in [-0.05, 0) is 66.0 Å². The van der Waals surface area contributed by atoms with Gasteiger partial charge in [-0.1, -0.05) is 72.2 Å². The van der Waals surface area contributed by atoms with Crippen molar-refractivity contribution in [2.45, 2.75) is 20.3 Å². The Morgan fingerprint density at radius 2 is 1.59 bits per heavy atom. The third kappa shape index (κ3) is 7.40. The molecule has 0 fully saturated rings. The van der Waals surface area contributed by atoms with Gasteiger partial charge in [0.1, 0.15) is 5.75 Å². The molecule has 3 aromatic rings. The maximum absolute atomic E-state index is 12.8. The maximum atomic E-state index is 12.8. The van der Waals surface area contributed by atoms with E-state index < -0.39 is 5.91 Å². The standard InChI is InChI=1S/C26H26BrN3O3S/c1-17(2)14-15-33-23-13-12-21(27)16-22(23)25(32)28-26(34)30-29-24(31)20-10-8-19(9-11-20)18-6-4-3-5-7-18/h3-13,16-17H,14-15H2,1-2H3,(H,29,31)(H2,28,30,32,34). The van der Waals surface area contributed by atoms with Crippen molar-refractivity contribution in [2.24, 2.45) is 5.92 Å². The van der Waals surface area contributed by atoms with Crippen LogP contribution in [0.3, 0.4) is 0 Å². The average molecular weight is 540 g/mol. The second-order valence-electron chi connectivity index (χ2n) is 7.98. The summed E-state index contributed by atoms with van der Waals surface area (Å²) in [6.45, 7) is 4.71. The first-order chi connectivity index (χ1) is 16.3. The highest BCUT2D eigenvalue weighted by Crippen LogP contribution is 2.24. The molecule has 34 heavy (non-hydrogen) atoms. The van der Waals surface area contributed by atoms with Crippen molar-refractivity contribution in [1.82, 2.24) is 16.2 Å². The van der Waals surface area contributed by atoms with Crippen molar-refractivity contribution >= 4 is 45.1 Å². The van der Waals surface area contributed by atoms with E-state index in [1.807, 2.05) is 42.5 Å². The number of thiocarbonyl (C=S) groups is 1. The number of benzene rings is 3. The summed E-state index contributed by atoms with van der Waals surface area (Å²) < 4.78 is 6.52. The second-order valence-corrected chi connectivity index (χ2v) is 9.30. The zero-order valence-electron chi connectivity index (χ0n) is 18.9. The molecule has 0 unspecified atom stereocenters. The van der Waals surface area contributed by atoms with Gasteiger partial charge >= 0.3 is 0 Å². The minimum atomic E-state index is -0.445. The molecule has 2 amide bonds. The SMILES string of the molecule is CC(C)CCOc1ccc(Br)cc1C(=O)NC(=S)NNC(=O)c1ccc(-c2ccccc2)cc1. The lowest BCUT2D eigenvalue weighted by Gasteiger charge is -2.14. The molecule has 0 atom stereocenters. The van der Waals surface area contributed by atoms with Crippen LogP contribution >= 0.6 is 28.1 Å².